The third-order valence-corrected chi connectivity index (χ3v) is 3.57. The fraction of sp³-hybridized carbons (Fsp3) is 0.500. The normalized spacial score (nSPS) is 27.3. The predicted molar refractivity (Wildman–Crippen MR) is 81.6 cm³/mol. The summed E-state index contributed by atoms with van der Waals surface area (Å²) in [4.78, 5) is 44.3. The zero-order valence-electron chi connectivity index (χ0n) is 13.9. The van der Waals surface area contributed by atoms with Gasteiger partial charge >= 0.3 is 17.9 Å². The molecule has 0 aliphatic carbocycles. The van der Waals surface area contributed by atoms with Crippen LogP contribution in [-0.4, -0.2) is 75.7 Å². The Hall–Kier alpha value is -2.72. The Morgan fingerprint density at radius 2 is 1.46 bits per heavy atom. The molecule has 0 aromatic heterocycles. The second-order valence-electron chi connectivity index (χ2n) is 5.23. The second kappa shape index (κ2) is 9.68. The Labute approximate surface area is 148 Å². The second-order valence-corrected chi connectivity index (χ2v) is 5.23. The number of fused-ring (bicyclic) bond motifs is 1. The Morgan fingerprint density at radius 1 is 0.923 bits per heavy atom. The summed E-state index contributed by atoms with van der Waals surface area (Å²) in [6.07, 6.45) is 1.85. The fourth-order valence-corrected chi connectivity index (χ4v) is 2.45. The van der Waals surface area contributed by atoms with E-state index in [4.69, 9.17) is 18.9 Å². The zero-order chi connectivity index (χ0) is 18.9. The molecule has 0 spiro atoms. The van der Waals surface area contributed by atoms with Crippen molar-refractivity contribution in [2.24, 2.45) is 0 Å². The SMILES string of the molecule is COC(=O)/C=C/C(=O)O[C@H]1CO[C@H]2[C@@H]1OC[C@H]2OC(=O)/C=C/COC=O. The molecule has 2 aliphatic heterocycles. The number of carbonyl (C=O) groups is 4. The van der Waals surface area contributed by atoms with Gasteiger partial charge in [0.05, 0.1) is 20.3 Å². The molecule has 0 aromatic rings. The summed E-state index contributed by atoms with van der Waals surface area (Å²) in [5, 5.41) is 0. The Bertz CT molecular complexity index is 596. The average molecular weight is 370 g/mol. The first-order chi connectivity index (χ1) is 12.5. The number of carbonyl (C=O) groups excluding carboxylic acids is 4. The third kappa shape index (κ3) is 5.39. The van der Waals surface area contributed by atoms with Crippen molar-refractivity contribution in [1.29, 1.82) is 0 Å². The van der Waals surface area contributed by atoms with Gasteiger partial charge in [-0.3, -0.25) is 4.79 Å². The van der Waals surface area contributed by atoms with Crippen LogP contribution in [0.3, 0.4) is 0 Å². The van der Waals surface area contributed by atoms with E-state index in [2.05, 4.69) is 9.47 Å². The average Bonchev–Trinajstić information content (AvgIpc) is 3.20. The highest BCUT2D eigenvalue weighted by Crippen LogP contribution is 2.30. The van der Waals surface area contributed by atoms with Crippen LogP contribution in [0.15, 0.2) is 24.3 Å². The minimum absolute atomic E-state index is 0.0422. The predicted octanol–water partition coefficient (Wildman–Crippen LogP) is -0.934. The first-order valence-corrected chi connectivity index (χ1v) is 7.67. The molecule has 4 atom stereocenters. The van der Waals surface area contributed by atoms with E-state index in [1.165, 1.54) is 13.2 Å². The van der Waals surface area contributed by atoms with Crippen LogP contribution in [0.4, 0.5) is 0 Å². The number of hydrogen-bond donors (Lipinski definition) is 0. The van der Waals surface area contributed by atoms with Crippen molar-refractivity contribution in [1.82, 2.24) is 0 Å². The molecule has 0 bridgehead atoms. The molecule has 0 radical (unpaired) electrons. The Balaban J connectivity index is 1.81. The van der Waals surface area contributed by atoms with Crippen molar-refractivity contribution in [3.63, 3.8) is 0 Å². The summed E-state index contributed by atoms with van der Waals surface area (Å²) in [6.45, 7) is 0.384. The lowest BCUT2D eigenvalue weighted by atomic mass is 10.1. The van der Waals surface area contributed by atoms with Crippen LogP contribution in [-0.2, 0) is 47.6 Å². The molecule has 2 rings (SSSR count). The molecule has 0 unspecified atom stereocenters. The van der Waals surface area contributed by atoms with Gasteiger partial charge in [0, 0.05) is 18.2 Å². The molecule has 0 saturated carbocycles. The maximum Gasteiger partial charge on any atom is 0.331 e. The van der Waals surface area contributed by atoms with Gasteiger partial charge in [-0.05, 0) is 6.08 Å². The number of hydrogen-bond acceptors (Lipinski definition) is 10. The summed E-state index contributed by atoms with van der Waals surface area (Å²) in [5.41, 5.74) is 0. The van der Waals surface area contributed by atoms with Gasteiger partial charge in [-0.2, -0.15) is 0 Å². The molecule has 2 heterocycles. The van der Waals surface area contributed by atoms with E-state index < -0.39 is 42.3 Å². The van der Waals surface area contributed by atoms with Crippen molar-refractivity contribution in [3.8, 4) is 0 Å². The van der Waals surface area contributed by atoms with E-state index in [0.717, 1.165) is 18.2 Å². The standard InChI is InChI=1S/C16H18O10/c1-21-12(18)4-5-14(20)26-11-8-24-15-10(7-23-16(11)15)25-13(19)3-2-6-22-9-17/h2-5,9-11,15-16H,6-8H2,1H3/b3-2+,5-4+/t10-,11+,15-,16-/m1/s1. The van der Waals surface area contributed by atoms with Gasteiger partial charge in [0.1, 0.15) is 18.8 Å². The topological polar surface area (TPSA) is 124 Å². The summed E-state index contributed by atoms with van der Waals surface area (Å²) >= 11 is 0. The monoisotopic (exact) mass is 370 g/mol. The summed E-state index contributed by atoms with van der Waals surface area (Å²) < 4.78 is 30.2. The largest absolute Gasteiger partial charge is 0.466 e. The molecule has 26 heavy (non-hydrogen) atoms. The highest BCUT2D eigenvalue weighted by molar-refractivity contribution is 5.91. The number of ether oxygens (including phenoxy) is 6. The highest BCUT2D eigenvalue weighted by atomic mass is 16.7. The first-order valence-electron chi connectivity index (χ1n) is 7.67. The summed E-state index contributed by atoms with van der Waals surface area (Å²) in [6, 6.07) is 0. The summed E-state index contributed by atoms with van der Waals surface area (Å²) in [7, 11) is 1.19. The van der Waals surface area contributed by atoms with Crippen LogP contribution in [0, 0.1) is 0 Å². The number of rotatable bonds is 8. The molecular formula is C16H18O10. The minimum Gasteiger partial charge on any atom is -0.466 e. The molecule has 10 heteroatoms. The van der Waals surface area contributed by atoms with E-state index in [0.29, 0.717) is 0 Å². The van der Waals surface area contributed by atoms with Gasteiger partial charge in [-0.15, -0.1) is 0 Å². The van der Waals surface area contributed by atoms with Gasteiger partial charge in [0.15, 0.2) is 12.2 Å². The summed E-state index contributed by atoms with van der Waals surface area (Å²) in [5.74, 6) is -2.07. The van der Waals surface area contributed by atoms with Crippen molar-refractivity contribution >= 4 is 24.4 Å². The smallest absolute Gasteiger partial charge is 0.331 e. The zero-order valence-corrected chi connectivity index (χ0v) is 13.9. The van der Waals surface area contributed by atoms with E-state index in [-0.39, 0.29) is 26.3 Å². The molecule has 0 aromatic carbocycles. The third-order valence-electron chi connectivity index (χ3n) is 3.57. The first kappa shape index (κ1) is 19.6. The Kier molecular flexibility index (Phi) is 7.30. The van der Waals surface area contributed by atoms with Crippen molar-refractivity contribution in [2.45, 2.75) is 24.4 Å². The fourth-order valence-electron chi connectivity index (χ4n) is 2.45. The molecule has 2 aliphatic rings. The maximum atomic E-state index is 11.7. The van der Waals surface area contributed by atoms with Crippen molar-refractivity contribution in [2.75, 3.05) is 26.9 Å². The van der Waals surface area contributed by atoms with E-state index in [9.17, 15) is 19.2 Å². The van der Waals surface area contributed by atoms with Crippen LogP contribution in [0.5, 0.6) is 0 Å². The van der Waals surface area contributed by atoms with Crippen LogP contribution in [0.25, 0.3) is 0 Å². The molecule has 2 fully saturated rings. The molecule has 142 valence electrons. The lowest BCUT2D eigenvalue weighted by molar-refractivity contribution is -0.149. The Morgan fingerprint density at radius 3 is 2.00 bits per heavy atom. The quantitative estimate of drug-likeness (QED) is 0.174. The molecule has 0 N–H and O–H groups in total. The van der Waals surface area contributed by atoms with Crippen molar-refractivity contribution < 1.29 is 47.6 Å². The van der Waals surface area contributed by atoms with Gasteiger partial charge in [0.2, 0.25) is 0 Å². The van der Waals surface area contributed by atoms with Crippen molar-refractivity contribution in [3.05, 3.63) is 24.3 Å². The molecular weight excluding hydrogens is 352 g/mol. The minimum atomic E-state index is -0.744. The van der Waals surface area contributed by atoms with Gasteiger partial charge in [-0.1, -0.05) is 0 Å². The van der Waals surface area contributed by atoms with Crippen LogP contribution in [0.2, 0.25) is 0 Å². The van der Waals surface area contributed by atoms with E-state index in [1.54, 1.807) is 0 Å². The number of methoxy groups -OCH3 is 1. The van der Waals surface area contributed by atoms with E-state index >= 15 is 0 Å². The van der Waals surface area contributed by atoms with Crippen LogP contribution < -0.4 is 0 Å². The lowest BCUT2D eigenvalue weighted by Crippen LogP contribution is -2.35. The van der Waals surface area contributed by atoms with Gasteiger partial charge in [0.25, 0.3) is 6.47 Å². The number of esters is 3. The van der Waals surface area contributed by atoms with Crippen LogP contribution >= 0.6 is 0 Å². The molecule has 10 nitrogen and oxygen atoms in total. The van der Waals surface area contributed by atoms with Crippen LogP contribution in [0.1, 0.15) is 0 Å². The van der Waals surface area contributed by atoms with E-state index in [1.807, 2.05) is 0 Å². The molecule has 2 saturated heterocycles. The molecule has 0 amide bonds. The van der Waals surface area contributed by atoms with Gasteiger partial charge in [-0.25, -0.2) is 14.4 Å². The van der Waals surface area contributed by atoms with Gasteiger partial charge < -0.3 is 28.4 Å². The lowest BCUT2D eigenvalue weighted by Gasteiger charge is -2.16. The maximum absolute atomic E-state index is 11.7. The highest BCUT2D eigenvalue weighted by Gasteiger charge is 2.50.